The molecule has 13 heavy (non-hydrogen) atoms. The SMILES string of the molecule is O=COCCOCc1ccccc1. The summed E-state index contributed by atoms with van der Waals surface area (Å²) in [6.45, 7) is 1.74. The van der Waals surface area contributed by atoms with Crippen LogP contribution in [0.4, 0.5) is 0 Å². The maximum atomic E-state index is 9.76. The molecule has 0 aliphatic rings. The fourth-order valence-corrected chi connectivity index (χ4v) is 0.919. The molecule has 1 aromatic rings. The lowest BCUT2D eigenvalue weighted by molar-refractivity contribution is -0.130. The molecular weight excluding hydrogens is 168 g/mol. The summed E-state index contributed by atoms with van der Waals surface area (Å²) in [6, 6.07) is 9.85. The predicted molar refractivity (Wildman–Crippen MR) is 48.1 cm³/mol. The highest BCUT2D eigenvalue weighted by Crippen LogP contribution is 1.99. The lowest BCUT2D eigenvalue weighted by Gasteiger charge is -2.02. The van der Waals surface area contributed by atoms with Crippen LogP contribution in [0.2, 0.25) is 0 Å². The van der Waals surface area contributed by atoms with E-state index in [0.717, 1.165) is 5.56 Å². The molecule has 0 amide bonds. The first-order chi connectivity index (χ1) is 6.43. The number of benzene rings is 1. The van der Waals surface area contributed by atoms with E-state index in [2.05, 4.69) is 4.74 Å². The van der Waals surface area contributed by atoms with Gasteiger partial charge in [-0.25, -0.2) is 0 Å². The molecule has 0 bridgehead atoms. The minimum absolute atomic E-state index is 0.316. The summed E-state index contributed by atoms with van der Waals surface area (Å²) in [7, 11) is 0. The van der Waals surface area contributed by atoms with Crippen LogP contribution in [0.15, 0.2) is 30.3 Å². The fraction of sp³-hybridized carbons (Fsp3) is 0.300. The van der Waals surface area contributed by atoms with E-state index in [-0.39, 0.29) is 0 Å². The second-order valence-electron chi connectivity index (χ2n) is 2.51. The quantitative estimate of drug-likeness (QED) is 0.490. The number of carbonyl (C=O) groups is 1. The third-order valence-electron chi connectivity index (χ3n) is 1.53. The van der Waals surface area contributed by atoms with E-state index in [1.807, 2.05) is 30.3 Å². The summed E-state index contributed by atoms with van der Waals surface area (Å²) in [4.78, 5) is 9.76. The number of ether oxygens (including phenoxy) is 2. The molecule has 0 fully saturated rings. The molecule has 0 aliphatic heterocycles. The first-order valence-electron chi connectivity index (χ1n) is 4.10. The summed E-state index contributed by atoms with van der Waals surface area (Å²) in [6.07, 6.45) is 0. The smallest absolute Gasteiger partial charge is 0.293 e. The number of hydrogen-bond donors (Lipinski definition) is 0. The Morgan fingerprint density at radius 2 is 1.92 bits per heavy atom. The van der Waals surface area contributed by atoms with E-state index in [1.54, 1.807) is 0 Å². The van der Waals surface area contributed by atoms with Crippen molar-refractivity contribution in [1.82, 2.24) is 0 Å². The molecule has 70 valence electrons. The Bertz CT molecular complexity index is 233. The van der Waals surface area contributed by atoms with Crippen LogP contribution in [-0.4, -0.2) is 19.7 Å². The van der Waals surface area contributed by atoms with Crippen molar-refractivity contribution >= 4 is 6.47 Å². The molecule has 1 aromatic carbocycles. The first-order valence-corrected chi connectivity index (χ1v) is 4.10. The van der Waals surface area contributed by atoms with Gasteiger partial charge in [-0.2, -0.15) is 0 Å². The summed E-state index contributed by atoms with van der Waals surface area (Å²) < 4.78 is 9.70. The van der Waals surface area contributed by atoms with E-state index in [1.165, 1.54) is 0 Å². The maximum absolute atomic E-state index is 9.76. The zero-order chi connectivity index (χ0) is 9.36. The normalized spacial score (nSPS) is 9.54. The van der Waals surface area contributed by atoms with Crippen LogP contribution in [-0.2, 0) is 20.9 Å². The van der Waals surface area contributed by atoms with Crippen LogP contribution in [0.5, 0.6) is 0 Å². The summed E-state index contributed by atoms with van der Waals surface area (Å²) >= 11 is 0. The Morgan fingerprint density at radius 3 is 2.62 bits per heavy atom. The van der Waals surface area contributed by atoms with Crippen molar-refractivity contribution < 1.29 is 14.3 Å². The maximum Gasteiger partial charge on any atom is 0.293 e. The van der Waals surface area contributed by atoms with Gasteiger partial charge < -0.3 is 9.47 Å². The molecule has 0 unspecified atom stereocenters. The molecule has 0 radical (unpaired) electrons. The van der Waals surface area contributed by atoms with Gasteiger partial charge in [0.25, 0.3) is 6.47 Å². The van der Waals surface area contributed by atoms with Crippen LogP contribution in [0.3, 0.4) is 0 Å². The summed E-state index contributed by atoms with van der Waals surface area (Å²) in [5.41, 5.74) is 1.12. The lowest BCUT2D eigenvalue weighted by atomic mass is 10.2. The van der Waals surface area contributed by atoms with Gasteiger partial charge in [-0.15, -0.1) is 0 Å². The van der Waals surface area contributed by atoms with Gasteiger partial charge in [0, 0.05) is 0 Å². The average molecular weight is 180 g/mol. The van der Waals surface area contributed by atoms with Gasteiger partial charge in [-0.3, -0.25) is 4.79 Å². The topological polar surface area (TPSA) is 35.5 Å². The largest absolute Gasteiger partial charge is 0.465 e. The lowest BCUT2D eigenvalue weighted by Crippen LogP contribution is -2.02. The molecule has 0 N–H and O–H groups in total. The summed E-state index contributed by atoms with van der Waals surface area (Å²) in [5, 5.41) is 0. The van der Waals surface area contributed by atoms with Gasteiger partial charge in [0.15, 0.2) is 0 Å². The van der Waals surface area contributed by atoms with E-state index in [4.69, 9.17) is 4.74 Å². The molecule has 0 spiro atoms. The Balaban J connectivity index is 2.10. The molecule has 3 nitrogen and oxygen atoms in total. The fourth-order valence-electron chi connectivity index (χ4n) is 0.919. The Hall–Kier alpha value is -1.35. The molecule has 3 heteroatoms. The zero-order valence-electron chi connectivity index (χ0n) is 7.31. The second kappa shape index (κ2) is 6.20. The van der Waals surface area contributed by atoms with Crippen molar-refractivity contribution in [2.45, 2.75) is 6.61 Å². The Kier molecular flexibility index (Phi) is 4.64. The molecule has 0 saturated heterocycles. The third-order valence-corrected chi connectivity index (χ3v) is 1.53. The van der Waals surface area contributed by atoms with Crippen molar-refractivity contribution in [2.75, 3.05) is 13.2 Å². The van der Waals surface area contributed by atoms with Gasteiger partial charge in [0.2, 0.25) is 0 Å². The molecule has 0 heterocycles. The van der Waals surface area contributed by atoms with Crippen molar-refractivity contribution in [1.29, 1.82) is 0 Å². The highest BCUT2D eigenvalue weighted by atomic mass is 16.5. The highest BCUT2D eigenvalue weighted by Gasteiger charge is 1.90. The summed E-state index contributed by atoms with van der Waals surface area (Å²) in [5.74, 6) is 0. The van der Waals surface area contributed by atoms with Crippen molar-refractivity contribution in [3.05, 3.63) is 35.9 Å². The van der Waals surface area contributed by atoms with Gasteiger partial charge in [-0.05, 0) is 5.56 Å². The molecule has 1 rings (SSSR count). The van der Waals surface area contributed by atoms with E-state index < -0.39 is 0 Å². The number of rotatable bonds is 6. The standard InChI is InChI=1S/C10H12O3/c11-9-13-7-6-12-8-10-4-2-1-3-5-10/h1-5,9H,6-8H2. The van der Waals surface area contributed by atoms with Gasteiger partial charge >= 0.3 is 0 Å². The van der Waals surface area contributed by atoms with E-state index in [9.17, 15) is 4.79 Å². The third kappa shape index (κ3) is 4.28. The van der Waals surface area contributed by atoms with Gasteiger partial charge in [0.05, 0.1) is 13.2 Å². The monoisotopic (exact) mass is 180 g/mol. The van der Waals surface area contributed by atoms with Gasteiger partial charge in [0.1, 0.15) is 6.61 Å². The molecule has 0 aromatic heterocycles. The Morgan fingerprint density at radius 1 is 1.15 bits per heavy atom. The van der Waals surface area contributed by atoms with Crippen LogP contribution >= 0.6 is 0 Å². The predicted octanol–water partition coefficient (Wildman–Crippen LogP) is 1.38. The zero-order valence-corrected chi connectivity index (χ0v) is 7.31. The average Bonchev–Trinajstić information content (AvgIpc) is 2.19. The second-order valence-corrected chi connectivity index (χ2v) is 2.51. The van der Waals surface area contributed by atoms with E-state index in [0.29, 0.717) is 26.3 Å². The molecule has 0 atom stereocenters. The molecule has 0 saturated carbocycles. The Labute approximate surface area is 77.3 Å². The van der Waals surface area contributed by atoms with Crippen LogP contribution in [0.1, 0.15) is 5.56 Å². The molecular formula is C10H12O3. The molecule has 0 aliphatic carbocycles. The van der Waals surface area contributed by atoms with Crippen molar-refractivity contribution in [3.8, 4) is 0 Å². The van der Waals surface area contributed by atoms with Gasteiger partial charge in [-0.1, -0.05) is 30.3 Å². The number of carbonyl (C=O) groups excluding carboxylic acids is 1. The highest BCUT2D eigenvalue weighted by molar-refractivity contribution is 5.36. The van der Waals surface area contributed by atoms with Crippen LogP contribution in [0.25, 0.3) is 0 Å². The van der Waals surface area contributed by atoms with Crippen molar-refractivity contribution in [3.63, 3.8) is 0 Å². The minimum atomic E-state index is 0.316. The van der Waals surface area contributed by atoms with Crippen LogP contribution in [0, 0.1) is 0 Å². The number of hydrogen-bond acceptors (Lipinski definition) is 3. The minimum Gasteiger partial charge on any atom is -0.465 e. The van der Waals surface area contributed by atoms with E-state index >= 15 is 0 Å². The van der Waals surface area contributed by atoms with Crippen LogP contribution < -0.4 is 0 Å². The van der Waals surface area contributed by atoms with Crippen molar-refractivity contribution in [2.24, 2.45) is 0 Å². The first kappa shape index (κ1) is 9.74.